The van der Waals surface area contributed by atoms with E-state index in [1.165, 1.54) is 23.1 Å². The van der Waals surface area contributed by atoms with E-state index in [0.717, 1.165) is 38.9 Å². The van der Waals surface area contributed by atoms with Crippen LogP contribution in [0.1, 0.15) is 42.4 Å². The number of rotatable bonds is 4. The molecule has 114 valence electrons. The highest BCUT2D eigenvalue weighted by Crippen LogP contribution is 2.29. The molecule has 1 saturated carbocycles. The van der Waals surface area contributed by atoms with Gasteiger partial charge in [-0.2, -0.15) is 0 Å². The Morgan fingerprint density at radius 3 is 2.86 bits per heavy atom. The molecule has 1 amide bonds. The average molecular weight is 286 g/mol. The Hall–Kier alpha value is -1.35. The Bertz CT molecular complexity index is 522. The molecular formula is C18H26N2O. The molecular weight excluding hydrogens is 260 g/mol. The van der Waals surface area contributed by atoms with Crippen molar-refractivity contribution in [3.8, 4) is 0 Å². The molecule has 1 aromatic rings. The molecule has 0 aromatic heterocycles. The summed E-state index contributed by atoms with van der Waals surface area (Å²) in [6, 6.07) is 7.02. The number of nitrogens with one attached hydrogen (secondary N) is 1. The van der Waals surface area contributed by atoms with Gasteiger partial charge < -0.3 is 5.32 Å². The summed E-state index contributed by atoms with van der Waals surface area (Å²) in [4.78, 5) is 14.4. The first-order chi connectivity index (χ1) is 10.1. The van der Waals surface area contributed by atoms with E-state index in [2.05, 4.69) is 42.3 Å². The number of hydrogen-bond donors (Lipinski definition) is 1. The largest absolute Gasteiger partial charge is 0.352 e. The van der Waals surface area contributed by atoms with Crippen LogP contribution in [0, 0.1) is 19.8 Å². The molecule has 1 saturated heterocycles. The van der Waals surface area contributed by atoms with Crippen LogP contribution < -0.4 is 5.32 Å². The molecule has 1 aliphatic carbocycles. The van der Waals surface area contributed by atoms with Crippen molar-refractivity contribution in [2.75, 3.05) is 13.1 Å². The molecule has 21 heavy (non-hydrogen) atoms. The van der Waals surface area contributed by atoms with Crippen molar-refractivity contribution in [2.45, 2.75) is 52.1 Å². The summed E-state index contributed by atoms with van der Waals surface area (Å²) in [5.74, 6) is 0.605. The summed E-state index contributed by atoms with van der Waals surface area (Å²) in [5.41, 5.74) is 4.11. The summed E-state index contributed by atoms with van der Waals surface area (Å²) in [6.07, 6.45) is 4.48. The molecule has 3 heteroatoms. The van der Waals surface area contributed by atoms with E-state index in [4.69, 9.17) is 0 Å². The van der Waals surface area contributed by atoms with Gasteiger partial charge in [-0.3, -0.25) is 9.69 Å². The molecule has 3 rings (SSSR count). The lowest BCUT2D eigenvalue weighted by atomic mass is 10.0. The Morgan fingerprint density at radius 1 is 1.29 bits per heavy atom. The molecule has 1 aromatic carbocycles. The Kier molecular flexibility index (Phi) is 4.29. The number of aryl methyl sites for hydroxylation is 2. The minimum Gasteiger partial charge on any atom is -0.352 e. The zero-order valence-corrected chi connectivity index (χ0v) is 13.2. The normalized spacial score (nSPS) is 23.0. The Labute approximate surface area is 127 Å². The minimum absolute atomic E-state index is 0.286. The third kappa shape index (κ3) is 3.85. The summed E-state index contributed by atoms with van der Waals surface area (Å²) in [6.45, 7) is 7.47. The first-order valence-electron chi connectivity index (χ1n) is 8.20. The van der Waals surface area contributed by atoms with Gasteiger partial charge in [0.25, 0.3) is 0 Å². The number of likely N-dealkylation sites (tertiary alicyclic amines) is 1. The number of carbonyl (C=O) groups excluding carboxylic acids is 1. The number of nitrogens with zero attached hydrogens (tertiary/aromatic N) is 1. The number of hydrogen-bond acceptors (Lipinski definition) is 2. The van der Waals surface area contributed by atoms with Gasteiger partial charge >= 0.3 is 0 Å². The van der Waals surface area contributed by atoms with E-state index in [1.807, 2.05) is 0 Å². The Balaban J connectivity index is 1.57. The van der Waals surface area contributed by atoms with Gasteiger partial charge in [0, 0.05) is 25.0 Å². The van der Waals surface area contributed by atoms with Crippen molar-refractivity contribution >= 4 is 5.91 Å². The lowest BCUT2D eigenvalue weighted by Crippen LogP contribution is -2.47. The van der Waals surface area contributed by atoms with Crippen molar-refractivity contribution in [1.82, 2.24) is 10.2 Å². The smallest absolute Gasteiger partial charge is 0.223 e. The van der Waals surface area contributed by atoms with E-state index in [-0.39, 0.29) is 5.91 Å². The van der Waals surface area contributed by atoms with E-state index in [0.29, 0.717) is 12.0 Å². The predicted octanol–water partition coefficient (Wildman–Crippen LogP) is 2.79. The molecule has 1 heterocycles. The second kappa shape index (κ2) is 6.18. The Morgan fingerprint density at radius 2 is 2.10 bits per heavy atom. The van der Waals surface area contributed by atoms with Crippen LogP contribution in [0.25, 0.3) is 0 Å². The van der Waals surface area contributed by atoms with Gasteiger partial charge in [-0.05, 0) is 57.2 Å². The molecule has 2 fully saturated rings. The van der Waals surface area contributed by atoms with Gasteiger partial charge in [-0.15, -0.1) is 0 Å². The molecule has 1 unspecified atom stereocenters. The highest BCUT2D eigenvalue weighted by atomic mass is 16.2. The molecule has 0 spiro atoms. The number of benzene rings is 1. The molecule has 1 aliphatic heterocycles. The third-order valence-corrected chi connectivity index (χ3v) is 4.70. The maximum atomic E-state index is 11.9. The first kappa shape index (κ1) is 14.6. The highest BCUT2D eigenvalue weighted by molar-refractivity contribution is 5.81. The van der Waals surface area contributed by atoms with E-state index < -0.39 is 0 Å². The van der Waals surface area contributed by atoms with Gasteiger partial charge in [0.15, 0.2) is 0 Å². The van der Waals surface area contributed by atoms with Crippen molar-refractivity contribution in [3.63, 3.8) is 0 Å². The number of amides is 1. The zero-order chi connectivity index (χ0) is 14.8. The van der Waals surface area contributed by atoms with Crippen LogP contribution in [0.15, 0.2) is 18.2 Å². The SMILES string of the molecule is Cc1ccc(C)c(CN2CCCC(NC(=O)C3CC3)C2)c1. The summed E-state index contributed by atoms with van der Waals surface area (Å²) in [5, 5.41) is 3.24. The lowest BCUT2D eigenvalue weighted by molar-refractivity contribution is -0.123. The van der Waals surface area contributed by atoms with Crippen LogP contribution in [0.5, 0.6) is 0 Å². The topological polar surface area (TPSA) is 32.3 Å². The quantitative estimate of drug-likeness (QED) is 0.923. The van der Waals surface area contributed by atoms with Gasteiger partial charge in [0.05, 0.1) is 0 Å². The number of carbonyl (C=O) groups is 1. The minimum atomic E-state index is 0.286. The fraction of sp³-hybridized carbons (Fsp3) is 0.611. The maximum absolute atomic E-state index is 11.9. The van der Waals surface area contributed by atoms with Crippen LogP contribution in [-0.4, -0.2) is 29.9 Å². The molecule has 0 radical (unpaired) electrons. The molecule has 3 nitrogen and oxygen atoms in total. The zero-order valence-electron chi connectivity index (χ0n) is 13.2. The van der Waals surface area contributed by atoms with Crippen LogP contribution in [0.2, 0.25) is 0 Å². The van der Waals surface area contributed by atoms with Crippen molar-refractivity contribution < 1.29 is 4.79 Å². The van der Waals surface area contributed by atoms with Gasteiger partial charge in [0.1, 0.15) is 0 Å². The first-order valence-corrected chi connectivity index (χ1v) is 8.20. The lowest BCUT2D eigenvalue weighted by Gasteiger charge is -2.33. The molecule has 1 atom stereocenters. The van der Waals surface area contributed by atoms with Gasteiger partial charge in [-0.1, -0.05) is 23.8 Å². The van der Waals surface area contributed by atoms with Gasteiger partial charge in [-0.25, -0.2) is 0 Å². The fourth-order valence-electron chi connectivity index (χ4n) is 3.19. The summed E-state index contributed by atoms with van der Waals surface area (Å²) < 4.78 is 0. The van der Waals surface area contributed by atoms with Crippen molar-refractivity contribution in [2.24, 2.45) is 5.92 Å². The van der Waals surface area contributed by atoms with Crippen LogP contribution >= 0.6 is 0 Å². The van der Waals surface area contributed by atoms with Crippen molar-refractivity contribution in [3.05, 3.63) is 34.9 Å². The monoisotopic (exact) mass is 286 g/mol. The van der Waals surface area contributed by atoms with Gasteiger partial charge in [0.2, 0.25) is 5.91 Å². The molecule has 2 aliphatic rings. The number of piperidine rings is 1. The summed E-state index contributed by atoms with van der Waals surface area (Å²) >= 11 is 0. The van der Waals surface area contributed by atoms with Crippen LogP contribution in [-0.2, 0) is 11.3 Å². The van der Waals surface area contributed by atoms with E-state index in [9.17, 15) is 4.79 Å². The van der Waals surface area contributed by atoms with E-state index in [1.54, 1.807) is 0 Å². The second-order valence-electron chi connectivity index (χ2n) is 6.79. The fourth-order valence-corrected chi connectivity index (χ4v) is 3.19. The molecule has 0 bridgehead atoms. The highest BCUT2D eigenvalue weighted by Gasteiger charge is 2.32. The second-order valence-corrected chi connectivity index (χ2v) is 6.79. The van der Waals surface area contributed by atoms with E-state index >= 15 is 0 Å². The predicted molar refractivity (Wildman–Crippen MR) is 85.1 cm³/mol. The summed E-state index contributed by atoms with van der Waals surface area (Å²) in [7, 11) is 0. The maximum Gasteiger partial charge on any atom is 0.223 e. The average Bonchev–Trinajstić information content (AvgIpc) is 3.28. The third-order valence-electron chi connectivity index (χ3n) is 4.70. The standard InChI is InChI=1S/C18H26N2O/c1-13-5-6-14(2)16(10-13)11-20-9-3-4-17(12-20)19-18(21)15-7-8-15/h5-6,10,15,17H,3-4,7-9,11-12H2,1-2H3,(H,19,21). The van der Waals surface area contributed by atoms with Crippen molar-refractivity contribution in [1.29, 1.82) is 0 Å². The van der Waals surface area contributed by atoms with Crippen LogP contribution in [0.4, 0.5) is 0 Å². The molecule has 1 N–H and O–H groups in total. The van der Waals surface area contributed by atoms with Crippen LogP contribution in [0.3, 0.4) is 0 Å².